The number of carbonyl (C=O) groups excluding carboxylic acids is 1. The van der Waals surface area contributed by atoms with Crippen LogP contribution in [0.5, 0.6) is 0 Å². The Morgan fingerprint density at radius 2 is 2.00 bits per heavy atom. The lowest BCUT2D eigenvalue weighted by molar-refractivity contribution is -0.131. The molecule has 1 aromatic rings. The molecule has 0 bridgehead atoms. The van der Waals surface area contributed by atoms with Crippen LogP contribution in [0.2, 0.25) is 0 Å². The molecule has 2 atom stereocenters. The first-order valence-electron chi connectivity index (χ1n) is 4.45. The average molecular weight is 210 g/mol. The zero-order valence-electron chi connectivity index (χ0n) is 8.34. The van der Waals surface area contributed by atoms with Crippen LogP contribution >= 0.6 is 0 Å². The van der Waals surface area contributed by atoms with Gasteiger partial charge in [0.15, 0.2) is 6.10 Å². The molecule has 0 heterocycles. The number of hydrogen-bond acceptors (Lipinski definition) is 4. The highest BCUT2D eigenvalue weighted by atomic mass is 16.3. The molecule has 0 aliphatic carbocycles. The lowest BCUT2D eigenvalue weighted by Crippen LogP contribution is -2.34. The van der Waals surface area contributed by atoms with E-state index in [0.717, 1.165) is 5.56 Å². The van der Waals surface area contributed by atoms with E-state index in [-0.39, 0.29) is 0 Å². The second kappa shape index (κ2) is 4.29. The molecule has 5 nitrogen and oxygen atoms in total. The third-order valence-electron chi connectivity index (χ3n) is 2.15. The van der Waals surface area contributed by atoms with E-state index < -0.39 is 18.1 Å². The van der Waals surface area contributed by atoms with Crippen LogP contribution in [-0.2, 0) is 4.79 Å². The van der Waals surface area contributed by atoms with Crippen molar-refractivity contribution in [1.82, 2.24) is 0 Å². The Kier molecular flexibility index (Phi) is 3.28. The SMILES string of the molecule is Cc1ccc(N)c(C(O)C(O)C(N)=O)c1. The molecule has 1 rings (SSSR count). The zero-order chi connectivity index (χ0) is 11.6. The predicted molar refractivity (Wildman–Crippen MR) is 55.8 cm³/mol. The molecule has 0 aromatic heterocycles. The van der Waals surface area contributed by atoms with Gasteiger partial charge in [0.05, 0.1) is 0 Å². The third-order valence-corrected chi connectivity index (χ3v) is 2.15. The molecule has 5 heteroatoms. The molecule has 2 unspecified atom stereocenters. The lowest BCUT2D eigenvalue weighted by Gasteiger charge is -2.17. The quantitative estimate of drug-likeness (QED) is 0.502. The minimum absolute atomic E-state index is 0.307. The summed E-state index contributed by atoms with van der Waals surface area (Å²) < 4.78 is 0. The van der Waals surface area contributed by atoms with E-state index in [4.69, 9.17) is 11.5 Å². The van der Waals surface area contributed by atoms with Crippen molar-refractivity contribution >= 4 is 11.6 Å². The minimum atomic E-state index is -1.64. The van der Waals surface area contributed by atoms with Gasteiger partial charge in [0, 0.05) is 11.3 Å². The van der Waals surface area contributed by atoms with E-state index in [1.807, 2.05) is 6.92 Å². The van der Waals surface area contributed by atoms with Gasteiger partial charge in [-0.1, -0.05) is 17.7 Å². The Bertz CT molecular complexity index is 379. The molecular formula is C10H14N2O3. The molecule has 6 N–H and O–H groups in total. The van der Waals surface area contributed by atoms with E-state index in [0.29, 0.717) is 11.3 Å². The number of benzene rings is 1. The van der Waals surface area contributed by atoms with Gasteiger partial charge in [0.25, 0.3) is 0 Å². The molecule has 0 aliphatic rings. The number of nitrogen functional groups attached to an aromatic ring is 1. The van der Waals surface area contributed by atoms with Gasteiger partial charge in [-0.2, -0.15) is 0 Å². The molecule has 0 spiro atoms. The summed E-state index contributed by atoms with van der Waals surface area (Å²) in [6.07, 6.45) is -3.03. The molecule has 0 radical (unpaired) electrons. The van der Waals surface area contributed by atoms with E-state index in [1.54, 1.807) is 18.2 Å². The molecule has 0 fully saturated rings. The maximum absolute atomic E-state index is 10.7. The highest BCUT2D eigenvalue weighted by molar-refractivity contribution is 5.79. The van der Waals surface area contributed by atoms with Crippen molar-refractivity contribution in [2.45, 2.75) is 19.1 Å². The van der Waals surface area contributed by atoms with Crippen LogP contribution in [0, 0.1) is 6.92 Å². The summed E-state index contributed by atoms with van der Waals surface area (Å²) in [5, 5.41) is 18.9. The summed E-state index contributed by atoms with van der Waals surface area (Å²) in [6.45, 7) is 1.81. The summed E-state index contributed by atoms with van der Waals surface area (Å²) in [6, 6.07) is 4.97. The van der Waals surface area contributed by atoms with E-state index >= 15 is 0 Å². The van der Waals surface area contributed by atoms with E-state index in [1.165, 1.54) is 0 Å². The number of carbonyl (C=O) groups is 1. The minimum Gasteiger partial charge on any atom is -0.398 e. The fraction of sp³-hybridized carbons (Fsp3) is 0.300. The summed E-state index contributed by atoms with van der Waals surface area (Å²) in [7, 11) is 0. The number of nitrogens with two attached hydrogens (primary N) is 2. The van der Waals surface area contributed by atoms with Crippen molar-refractivity contribution in [2.24, 2.45) is 5.73 Å². The number of hydrogen-bond donors (Lipinski definition) is 4. The van der Waals surface area contributed by atoms with Crippen LogP contribution in [0.25, 0.3) is 0 Å². The topological polar surface area (TPSA) is 110 Å². The predicted octanol–water partition coefficient (Wildman–Crippen LogP) is -0.543. The average Bonchev–Trinajstić information content (AvgIpc) is 2.19. The maximum atomic E-state index is 10.7. The molecule has 1 amide bonds. The summed E-state index contributed by atoms with van der Waals surface area (Å²) in [5.74, 6) is -0.983. The van der Waals surface area contributed by atoms with E-state index in [9.17, 15) is 15.0 Å². The first-order chi connectivity index (χ1) is 6.93. The number of aliphatic hydroxyl groups excluding tert-OH is 2. The monoisotopic (exact) mass is 210 g/mol. The van der Waals surface area contributed by atoms with Crippen molar-refractivity contribution in [1.29, 1.82) is 0 Å². The summed E-state index contributed by atoms with van der Waals surface area (Å²) in [5.41, 5.74) is 12.0. The summed E-state index contributed by atoms with van der Waals surface area (Å²) >= 11 is 0. The van der Waals surface area contributed by atoms with Gasteiger partial charge in [0.1, 0.15) is 6.10 Å². The van der Waals surface area contributed by atoms with Gasteiger partial charge in [-0.25, -0.2) is 0 Å². The molecule has 1 aromatic carbocycles. The number of primary amides is 1. The Balaban J connectivity index is 3.04. The highest BCUT2D eigenvalue weighted by Gasteiger charge is 2.24. The van der Waals surface area contributed by atoms with Crippen LogP contribution in [-0.4, -0.2) is 22.2 Å². The standard InChI is InChI=1S/C10H14N2O3/c1-5-2-3-7(11)6(4-5)8(13)9(14)10(12)15/h2-4,8-9,13-14H,11H2,1H3,(H2,12,15). The van der Waals surface area contributed by atoms with Gasteiger partial charge in [-0.05, 0) is 13.0 Å². The van der Waals surface area contributed by atoms with E-state index in [2.05, 4.69) is 0 Å². The van der Waals surface area contributed by atoms with Gasteiger partial charge in [0.2, 0.25) is 5.91 Å². The van der Waals surface area contributed by atoms with Crippen LogP contribution in [0.1, 0.15) is 17.2 Å². The molecule has 82 valence electrons. The van der Waals surface area contributed by atoms with Crippen LogP contribution < -0.4 is 11.5 Å². The van der Waals surface area contributed by atoms with Crippen LogP contribution in [0.15, 0.2) is 18.2 Å². The number of anilines is 1. The van der Waals surface area contributed by atoms with Crippen molar-refractivity contribution < 1.29 is 15.0 Å². The normalized spacial score (nSPS) is 14.6. The van der Waals surface area contributed by atoms with Crippen molar-refractivity contribution in [2.75, 3.05) is 5.73 Å². The molecular weight excluding hydrogens is 196 g/mol. The second-order valence-corrected chi connectivity index (χ2v) is 3.42. The van der Waals surface area contributed by atoms with Crippen molar-refractivity contribution in [3.05, 3.63) is 29.3 Å². The zero-order valence-corrected chi connectivity index (χ0v) is 8.34. The van der Waals surface area contributed by atoms with Gasteiger partial charge >= 0.3 is 0 Å². The van der Waals surface area contributed by atoms with Gasteiger partial charge in [-0.3, -0.25) is 4.79 Å². The first kappa shape index (κ1) is 11.5. The Morgan fingerprint density at radius 1 is 1.40 bits per heavy atom. The summed E-state index contributed by atoms with van der Waals surface area (Å²) in [4.78, 5) is 10.7. The smallest absolute Gasteiger partial charge is 0.249 e. The van der Waals surface area contributed by atoms with Crippen molar-refractivity contribution in [3.63, 3.8) is 0 Å². The maximum Gasteiger partial charge on any atom is 0.249 e. The Hall–Kier alpha value is -1.59. The number of aryl methyl sites for hydroxylation is 1. The lowest BCUT2D eigenvalue weighted by atomic mass is 10.00. The molecule has 0 saturated heterocycles. The van der Waals surface area contributed by atoms with Crippen LogP contribution in [0.4, 0.5) is 5.69 Å². The largest absolute Gasteiger partial charge is 0.398 e. The molecule has 0 aliphatic heterocycles. The van der Waals surface area contributed by atoms with Crippen LogP contribution in [0.3, 0.4) is 0 Å². The number of rotatable bonds is 3. The molecule has 0 saturated carbocycles. The Labute approximate surface area is 87.3 Å². The first-order valence-corrected chi connectivity index (χ1v) is 4.45. The van der Waals surface area contributed by atoms with Crippen molar-refractivity contribution in [3.8, 4) is 0 Å². The number of amides is 1. The highest BCUT2D eigenvalue weighted by Crippen LogP contribution is 2.24. The van der Waals surface area contributed by atoms with Gasteiger partial charge < -0.3 is 21.7 Å². The Morgan fingerprint density at radius 3 is 2.53 bits per heavy atom. The fourth-order valence-electron chi connectivity index (χ4n) is 1.28. The fourth-order valence-corrected chi connectivity index (χ4v) is 1.28. The molecule has 15 heavy (non-hydrogen) atoms. The number of aliphatic hydroxyl groups is 2. The van der Waals surface area contributed by atoms with Gasteiger partial charge in [-0.15, -0.1) is 0 Å². The second-order valence-electron chi connectivity index (χ2n) is 3.42. The third kappa shape index (κ3) is 2.45.